The molecule has 0 aliphatic carbocycles. The molecule has 3 aromatic rings. The Morgan fingerprint density at radius 1 is 1.00 bits per heavy atom. The van der Waals surface area contributed by atoms with E-state index in [1.54, 1.807) is 6.07 Å². The first kappa shape index (κ1) is 19.4. The van der Waals surface area contributed by atoms with Gasteiger partial charge in [0.15, 0.2) is 0 Å². The van der Waals surface area contributed by atoms with E-state index in [-0.39, 0.29) is 11.6 Å². The molecule has 142 valence electrons. The van der Waals surface area contributed by atoms with E-state index < -0.39 is 23.5 Å². The van der Waals surface area contributed by atoms with Gasteiger partial charge in [-0.25, -0.2) is 13.8 Å². The molecule has 0 bridgehead atoms. The number of carbonyl (C=O) groups is 1. The number of nitrogens with zero attached hydrogens (tertiary/aromatic N) is 1. The number of halogens is 3. The van der Waals surface area contributed by atoms with Crippen LogP contribution in [0, 0.1) is 17.6 Å². The number of hydrogen-bond donors (Lipinski definition) is 1. The molecule has 0 saturated carbocycles. The zero-order valence-corrected chi connectivity index (χ0v) is 15.0. The third-order valence-corrected chi connectivity index (χ3v) is 4.12. The standard InChI is InChI=1S/C22H17F3N2O/c1-14(27-22(28)8-5-15-9-19(23)12-20(24)10-15)16-3-2-4-17(11-16)18-6-7-21(25)26-13-18/h2-14H,1H3,(H,27,28)/b8-5+. The van der Waals surface area contributed by atoms with Gasteiger partial charge in [0.25, 0.3) is 0 Å². The Kier molecular flexibility index (Phi) is 5.89. The number of rotatable bonds is 5. The van der Waals surface area contributed by atoms with Crippen molar-refractivity contribution in [3.8, 4) is 11.1 Å². The largest absolute Gasteiger partial charge is 0.346 e. The van der Waals surface area contributed by atoms with Crippen LogP contribution in [0.15, 0.2) is 66.9 Å². The van der Waals surface area contributed by atoms with Crippen LogP contribution in [-0.4, -0.2) is 10.9 Å². The van der Waals surface area contributed by atoms with Gasteiger partial charge in [0.2, 0.25) is 11.9 Å². The Morgan fingerprint density at radius 3 is 2.43 bits per heavy atom. The molecule has 1 amide bonds. The van der Waals surface area contributed by atoms with Crippen molar-refractivity contribution in [2.24, 2.45) is 0 Å². The van der Waals surface area contributed by atoms with Crippen LogP contribution < -0.4 is 5.32 Å². The zero-order valence-electron chi connectivity index (χ0n) is 15.0. The number of carbonyl (C=O) groups excluding carboxylic acids is 1. The summed E-state index contributed by atoms with van der Waals surface area (Å²) in [6.07, 6.45) is 4.01. The van der Waals surface area contributed by atoms with E-state index >= 15 is 0 Å². The average molecular weight is 382 g/mol. The Labute approximate surface area is 160 Å². The highest BCUT2D eigenvalue weighted by Crippen LogP contribution is 2.23. The summed E-state index contributed by atoms with van der Waals surface area (Å²) in [4.78, 5) is 15.8. The normalized spacial score (nSPS) is 12.1. The van der Waals surface area contributed by atoms with E-state index in [0.29, 0.717) is 0 Å². The highest BCUT2D eigenvalue weighted by molar-refractivity contribution is 5.92. The van der Waals surface area contributed by atoms with Gasteiger partial charge in [0.1, 0.15) is 11.6 Å². The number of nitrogens with one attached hydrogen (secondary N) is 1. The molecule has 3 nitrogen and oxygen atoms in total. The van der Waals surface area contributed by atoms with Gasteiger partial charge in [-0.05, 0) is 60.0 Å². The molecule has 1 atom stereocenters. The molecular formula is C22H17F3N2O. The summed E-state index contributed by atoms with van der Waals surface area (Å²) in [6.45, 7) is 1.82. The van der Waals surface area contributed by atoms with Crippen LogP contribution in [0.4, 0.5) is 13.2 Å². The molecule has 2 aromatic carbocycles. The third-order valence-electron chi connectivity index (χ3n) is 4.12. The van der Waals surface area contributed by atoms with Crippen LogP contribution in [-0.2, 0) is 4.79 Å². The second-order valence-electron chi connectivity index (χ2n) is 6.26. The van der Waals surface area contributed by atoms with E-state index in [1.807, 2.05) is 31.2 Å². The fraction of sp³-hybridized carbons (Fsp3) is 0.0909. The van der Waals surface area contributed by atoms with Gasteiger partial charge in [-0.15, -0.1) is 0 Å². The number of aromatic nitrogens is 1. The Bertz CT molecular complexity index is 996. The Hall–Kier alpha value is -3.41. The molecular weight excluding hydrogens is 365 g/mol. The fourth-order valence-electron chi connectivity index (χ4n) is 2.72. The van der Waals surface area contributed by atoms with E-state index in [1.165, 1.54) is 24.4 Å². The smallest absolute Gasteiger partial charge is 0.244 e. The number of benzene rings is 2. The monoisotopic (exact) mass is 382 g/mol. The summed E-state index contributed by atoms with van der Waals surface area (Å²) in [5, 5.41) is 2.79. The van der Waals surface area contributed by atoms with Gasteiger partial charge in [-0.1, -0.05) is 18.2 Å². The lowest BCUT2D eigenvalue weighted by Gasteiger charge is -2.14. The van der Waals surface area contributed by atoms with Crippen molar-refractivity contribution in [1.29, 1.82) is 0 Å². The minimum absolute atomic E-state index is 0.256. The predicted octanol–water partition coefficient (Wildman–Crippen LogP) is 5.06. The Morgan fingerprint density at radius 2 is 1.75 bits per heavy atom. The van der Waals surface area contributed by atoms with Crippen molar-refractivity contribution >= 4 is 12.0 Å². The molecule has 0 aliphatic heterocycles. The maximum Gasteiger partial charge on any atom is 0.244 e. The van der Waals surface area contributed by atoms with Crippen molar-refractivity contribution in [2.45, 2.75) is 13.0 Å². The van der Waals surface area contributed by atoms with Crippen LogP contribution in [0.5, 0.6) is 0 Å². The van der Waals surface area contributed by atoms with Crippen molar-refractivity contribution < 1.29 is 18.0 Å². The quantitative estimate of drug-likeness (QED) is 0.495. The lowest BCUT2D eigenvalue weighted by molar-refractivity contribution is -0.117. The first-order valence-electron chi connectivity index (χ1n) is 8.57. The second-order valence-corrected chi connectivity index (χ2v) is 6.26. The molecule has 1 aromatic heterocycles. The van der Waals surface area contributed by atoms with Crippen molar-refractivity contribution in [3.05, 3.63) is 95.6 Å². The first-order chi connectivity index (χ1) is 13.4. The van der Waals surface area contributed by atoms with Gasteiger partial charge in [0.05, 0.1) is 6.04 Å². The summed E-state index contributed by atoms with van der Waals surface area (Å²) < 4.78 is 39.4. The second kappa shape index (κ2) is 8.52. The van der Waals surface area contributed by atoms with Crippen molar-refractivity contribution in [3.63, 3.8) is 0 Å². The molecule has 3 rings (SSSR count). The maximum atomic E-state index is 13.2. The highest BCUT2D eigenvalue weighted by Gasteiger charge is 2.09. The number of amides is 1. The van der Waals surface area contributed by atoms with Crippen LogP contribution in [0.2, 0.25) is 0 Å². The van der Waals surface area contributed by atoms with E-state index in [4.69, 9.17) is 0 Å². The molecule has 0 fully saturated rings. The summed E-state index contributed by atoms with van der Waals surface area (Å²) in [7, 11) is 0. The molecule has 0 aliphatic rings. The Balaban J connectivity index is 1.69. The fourth-order valence-corrected chi connectivity index (χ4v) is 2.72. The van der Waals surface area contributed by atoms with Crippen LogP contribution in [0.1, 0.15) is 24.1 Å². The molecule has 0 spiro atoms. The van der Waals surface area contributed by atoms with E-state index in [0.717, 1.165) is 34.9 Å². The maximum absolute atomic E-state index is 13.2. The first-order valence-corrected chi connectivity index (χ1v) is 8.57. The van der Waals surface area contributed by atoms with Gasteiger partial charge < -0.3 is 5.32 Å². The molecule has 1 heterocycles. The van der Waals surface area contributed by atoms with Gasteiger partial charge in [-0.2, -0.15) is 4.39 Å². The number of pyridine rings is 1. The molecule has 1 unspecified atom stereocenters. The van der Waals surface area contributed by atoms with Crippen molar-refractivity contribution in [1.82, 2.24) is 10.3 Å². The molecule has 1 N–H and O–H groups in total. The van der Waals surface area contributed by atoms with Gasteiger partial charge in [-0.3, -0.25) is 4.79 Å². The summed E-state index contributed by atoms with van der Waals surface area (Å²) in [6, 6.07) is 13.1. The molecule has 0 saturated heterocycles. The highest BCUT2D eigenvalue weighted by atomic mass is 19.1. The predicted molar refractivity (Wildman–Crippen MR) is 102 cm³/mol. The van der Waals surface area contributed by atoms with Crippen molar-refractivity contribution in [2.75, 3.05) is 0 Å². The topological polar surface area (TPSA) is 42.0 Å². The lowest BCUT2D eigenvalue weighted by Crippen LogP contribution is -2.24. The van der Waals surface area contributed by atoms with Gasteiger partial charge in [0, 0.05) is 23.9 Å². The lowest BCUT2D eigenvalue weighted by atomic mass is 10.0. The van der Waals surface area contributed by atoms with E-state index in [2.05, 4.69) is 10.3 Å². The van der Waals surface area contributed by atoms with Crippen LogP contribution in [0.3, 0.4) is 0 Å². The average Bonchev–Trinajstić information content (AvgIpc) is 2.66. The van der Waals surface area contributed by atoms with Crippen LogP contribution >= 0.6 is 0 Å². The number of hydrogen-bond acceptors (Lipinski definition) is 2. The third kappa shape index (κ3) is 5.07. The summed E-state index contributed by atoms with van der Waals surface area (Å²) in [5.41, 5.74) is 2.71. The molecule has 28 heavy (non-hydrogen) atoms. The minimum atomic E-state index is -0.708. The van der Waals surface area contributed by atoms with Crippen LogP contribution in [0.25, 0.3) is 17.2 Å². The SMILES string of the molecule is CC(NC(=O)/C=C/c1cc(F)cc(F)c1)c1cccc(-c2ccc(F)nc2)c1. The van der Waals surface area contributed by atoms with Gasteiger partial charge >= 0.3 is 0 Å². The summed E-state index contributed by atoms with van der Waals surface area (Å²) >= 11 is 0. The summed E-state index contributed by atoms with van der Waals surface area (Å²) in [5.74, 6) is -2.36. The van der Waals surface area contributed by atoms with E-state index in [9.17, 15) is 18.0 Å². The zero-order chi connectivity index (χ0) is 20.1. The molecule has 0 radical (unpaired) electrons. The minimum Gasteiger partial charge on any atom is -0.346 e. The molecule has 6 heteroatoms.